The highest BCUT2D eigenvalue weighted by Crippen LogP contribution is 2.29. The van der Waals surface area contributed by atoms with Gasteiger partial charge in [0.1, 0.15) is 17.2 Å². The van der Waals surface area contributed by atoms with Gasteiger partial charge in [0.15, 0.2) is 0 Å². The van der Waals surface area contributed by atoms with Crippen molar-refractivity contribution in [2.75, 3.05) is 20.3 Å². The Kier molecular flexibility index (Phi) is 8.34. The zero-order valence-electron chi connectivity index (χ0n) is 21.2. The molecule has 0 aliphatic carbocycles. The van der Waals surface area contributed by atoms with E-state index in [4.69, 9.17) is 14.7 Å². The van der Waals surface area contributed by atoms with Crippen LogP contribution >= 0.6 is 0 Å². The highest BCUT2D eigenvalue weighted by atomic mass is 16.6. The summed E-state index contributed by atoms with van der Waals surface area (Å²) in [5.74, 6) is -0.389. The molecule has 1 fully saturated rings. The number of hydrogen-bond donors (Lipinski definition) is 1. The molecular weight excluding hydrogens is 456 g/mol. The third kappa shape index (κ3) is 6.41. The largest absolute Gasteiger partial charge is 0.444 e. The minimum Gasteiger partial charge on any atom is -0.444 e. The van der Waals surface area contributed by atoms with Crippen molar-refractivity contribution in [1.29, 1.82) is 10.5 Å². The summed E-state index contributed by atoms with van der Waals surface area (Å²) in [7, 11) is 1.56. The van der Waals surface area contributed by atoms with Gasteiger partial charge in [0.05, 0.1) is 17.7 Å². The van der Waals surface area contributed by atoms with Crippen LogP contribution in [0.1, 0.15) is 44.7 Å². The van der Waals surface area contributed by atoms with Gasteiger partial charge in [-0.25, -0.2) is 4.79 Å². The molecule has 0 radical (unpaired) electrons. The van der Waals surface area contributed by atoms with E-state index < -0.39 is 23.3 Å². The third-order valence-electron chi connectivity index (χ3n) is 6.25. The first-order valence-electron chi connectivity index (χ1n) is 11.9. The molecule has 1 heterocycles. The van der Waals surface area contributed by atoms with Crippen LogP contribution in [-0.4, -0.2) is 54.3 Å². The Hall–Kier alpha value is -3.88. The number of carbonyl (C=O) groups excluding carboxylic acids is 2. The van der Waals surface area contributed by atoms with Crippen molar-refractivity contribution < 1.29 is 19.1 Å². The number of rotatable bonds is 6. The van der Waals surface area contributed by atoms with Gasteiger partial charge in [-0.15, -0.1) is 0 Å². The highest BCUT2D eigenvalue weighted by molar-refractivity contribution is 5.90. The van der Waals surface area contributed by atoms with E-state index in [2.05, 4.69) is 17.5 Å². The van der Waals surface area contributed by atoms with Gasteiger partial charge in [-0.2, -0.15) is 10.5 Å². The smallest absolute Gasteiger partial charge is 0.410 e. The van der Waals surface area contributed by atoms with E-state index in [1.165, 1.54) is 4.90 Å². The van der Waals surface area contributed by atoms with Crippen LogP contribution in [0.4, 0.5) is 4.79 Å². The van der Waals surface area contributed by atoms with Crippen LogP contribution in [0, 0.1) is 22.7 Å². The Morgan fingerprint density at radius 1 is 1.06 bits per heavy atom. The summed E-state index contributed by atoms with van der Waals surface area (Å²) in [6.07, 6.45) is 0.350. The number of benzene rings is 2. The summed E-state index contributed by atoms with van der Waals surface area (Å²) in [5, 5.41) is 21.6. The molecule has 3 rings (SSSR count). The molecule has 2 amide bonds. The van der Waals surface area contributed by atoms with Gasteiger partial charge < -0.3 is 14.8 Å². The van der Waals surface area contributed by atoms with Crippen LogP contribution in [0.15, 0.2) is 48.5 Å². The molecule has 2 aromatic carbocycles. The Labute approximate surface area is 212 Å². The van der Waals surface area contributed by atoms with Crippen molar-refractivity contribution in [3.05, 3.63) is 59.7 Å². The van der Waals surface area contributed by atoms with Gasteiger partial charge in [-0.05, 0) is 49.6 Å². The van der Waals surface area contributed by atoms with E-state index in [9.17, 15) is 14.9 Å². The Morgan fingerprint density at radius 3 is 2.11 bits per heavy atom. The van der Waals surface area contributed by atoms with Gasteiger partial charge in [-0.1, -0.05) is 36.4 Å². The molecule has 1 saturated heterocycles. The second kappa shape index (κ2) is 11.2. The number of nitrogens with one attached hydrogen (secondary N) is 1. The van der Waals surface area contributed by atoms with Crippen molar-refractivity contribution in [3.8, 4) is 23.3 Å². The second-order valence-corrected chi connectivity index (χ2v) is 9.93. The molecule has 1 aliphatic heterocycles. The number of nitriles is 2. The quantitative estimate of drug-likeness (QED) is 0.652. The molecule has 8 nitrogen and oxygen atoms in total. The number of carbonyl (C=O) groups is 2. The van der Waals surface area contributed by atoms with Gasteiger partial charge in [-0.3, -0.25) is 9.69 Å². The first-order valence-corrected chi connectivity index (χ1v) is 11.9. The Bertz CT molecular complexity index is 1150. The summed E-state index contributed by atoms with van der Waals surface area (Å²) >= 11 is 0. The Morgan fingerprint density at radius 2 is 1.61 bits per heavy atom. The third-order valence-corrected chi connectivity index (χ3v) is 6.25. The molecule has 0 bridgehead atoms. The van der Waals surface area contributed by atoms with Gasteiger partial charge in [0, 0.05) is 39.5 Å². The molecule has 1 atom stereocenters. The number of hydrogen-bond acceptors (Lipinski definition) is 6. The topological polar surface area (TPSA) is 115 Å². The predicted molar refractivity (Wildman–Crippen MR) is 135 cm³/mol. The number of likely N-dealkylation sites (N-methyl/N-ethyl adjacent to an activating group) is 1. The zero-order valence-corrected chi connectivity index (χ0v) is 21.2. The molecule has 0 aromatic heterocycles. The van der Waals surface area contributed by atoms with Crippen LogP contribution in [0.2, 0.25) is 0 Å². The first-order chi connectivity index (χ1) is 17.1. The van der Waals surface area contributed by atoms with E-state index in [-0.39, 0.29) is 5.91 Å². The van der Waals surface area contributed by atoms with Crippen molar-refractivity contribution in [1.82, 2.24) is 10.2 Å². The van der Waals surface area contributed by atoms with Crippen LogP contribution in [0.5, 0.6) is 0 Å². The summed E-state index contributed by atoms with van der Waals surface area (Å²) in [6, 6.07) is 18.6. The lowest BCUT2D eigenvalue weighted by Crippen LogP contribution is -2.63. The lowest BCUT2D eigenvalue weighted by molar-refractivity contribution is -0.139. The maximum atomic E-state index is 13.5. The SMILES string of the molecule is CN(C(=O)OC(C)(C)C)C1(C(=O)N[C@H](C#N)Cc2ccc(-c3ccc(C#N)cc3)cc2)CCOCC1. The van der Waals surface area contributed by atoms with Crippen molar-refractivity contribution in [2.45, 2.75) is 57.2 Å². The zero-order chi connectivity index (χ0) is 26.3. The monoisotopic (exact) mass is 488 g/mol. The molecule has 0 unspecified atom stereocenters. The van der Waals surface area contributed by atoms with Crippen molar-refractivity contribution in [2.24, 2.45) is 0 Å². The van der Waals surface area contributed by atoms with E-state index in [1.54, 1.807) is 40.0 Å². The van der Waals surface area contributed by atoms with E-state index in [0.717, 1.165) is 16.7 Å². The van der Waals surface area contributed by atoms with Crippen LogP contribution in [0.3, 0.4) is 0 Å². The van der Waals surface area contributed by atoms with Crippen molar-refractivity contribution in [3.63, 3.8) is 0 Å². The summed E-state index contributed by atoms with van der Waals surface area (Å²) in [5.41, 5.74) is 1.60. The fourth-order valence-electron chi connectivity index (χ4n) is 4.16. The molecule has 0 spiro atoms. The fraction of sp³-hybridized carbons (Fsp3) is 0.429. The number of nitrogens with zero attached hydrogens (tertiary/aromatic N) is 3. The average molecular weight is 489 g/mol. The van der Waals surface area contributed by atoms with Gasteiger partial charge >= 0.3 is 6.09 Å². The summed E-state index contributed by atoms with van der Waals surface area (Å²) in [6.45, 7) is 5.97. The number of ether oxygens (including phenoxy) is 2. The van der Waals surface area contributed by atoms with Crippen LogP contribution in [-0.2, 0) is 20.7 Å². The van der Waals surface area contributed by atoms with E-state index in [1.807, 2.05) is 36.4 Å². The molecule has 1 aliphatic rings. The minimum atomic E-state index is -1.16. The molecule has 8 heteroatoms. The molecule has 188 valence electrons. The first kappa shape index (κ1) is 26.7. The van der Waals surface area contributed by atoms with Gasteiger partial charge in [0.2, 0.25) is 5.91 Å². The standard InChI is InChI=1S/C28H32N4O4/c1-27(2,3)36-26(34)32(4)28(13-15-35-16-14-28)25(33)31-24(19-30)17-20-5-9-22(10-6-20)23-11-7-21(18-29)8-12-23/h5-12,24H,13-17H2,1-4H3,(H,31,33)/t24-/m0/s1. The average Bonchev–Trinajstić information content (AvgIpc) is 2.87. The lowest BCUT2D eigenvalue weighted by Gasteiger charge is -2.43. The van der Waals surface area contributed by atoms with Crippen LogP contribution in [0.25, 0.3) is 11.1 Å². The van der Waals surface area contributed by atoms with Gasteiger partial charge in [0.25, 0.3) is 0 Å². The number of amides is 2. The minimum absolute atomic E-state index is 0.312. The molecule has 0 saturated carbocycles. The lowest BCUT2D eigenvalue weighted by atomic mass is 9.87. The normalized spacial score (nSPS) is 15.6. The fourth-order valence-corrected chi connectivity index (χ4v) is 4.16. The summed E-state index contributed by atoms with van der Waals surface area (Å²) < 4.78 is 11.0. The Balaban J connectivity index is 1.72. The van der Waals surface area contributed by atoms with Crippen LogP contribution < -0.4 is 5.32 Å². The predicted octanol–water partition coefficient (Wildman–Crippen LogP) is 4.19. The maximum Gasteiger partial charge on any atom is 0.410 e. The van der Waals surface area contributed by atoms with Crippen molar-refractivity contribution >= 4 is 12.0 Å². The molecular formula is C28H32N4O4. The summed E-state index contributed by atoms with van der Waals surface area (Å²) in [4.78, 5) is 27.6. The van der Waals surface area contributed by atoms with E-state index >= 15 is 0 Å². The highest BCUT2D eigenvalue weighted by Gasteiger charge is 2.47. The molecule has 36 heavy (non-hydrogen) atoms. The molecule has 2 aromatic rings. The van der Waals surface area contributed by atoms with E-state index in [0.29, 0.717) is 38.0 Å². The second-order valence-electron chi connectivity index (χ2n) is 9.93. The molecule has 1 N–H and O–H groups in total. The maximum absolute atomic E-state index is 13.5.